The SMILES string of the molecule is CCC1NC(=O)C(C)N(C(C)c2ccc(C)s2)C1=O. The molecule has 2 heterocycles. The molecule has 1 aliphatic heterocycles. The standard InChI is InChI=1S/C14H20N2O2S/c1-5-11-14(18)16(10(4)13(17)15-11)9(3)12-7-6-8(2)19-12/h6-7,9-11H,5H2,1-4H3,(H,15,17). The van der Waals surface area contributed by atoms with Gasteiger partial charge in [0.25, 0.3) is 0 Å². The zero-order valence-corrected chi connectivity index (χ0v) is 12.6. The summed E-state index contributed by atoms with van der Waals surface area (Å²) in [5, 5.41) is 2.78. The number of hydrogen-bond acceptors (Lipinski definition) is 3. The first-order valence-electron chi connectivity index (χ1n) is 6.64. The first-order chi connectivity index (χ1) is 8.95. The van der Waals surface area contributed by atoms with Crippen LogP contribution in [0.4, 0.5) is 0 Å². The molecule has 0 aromatic carbocycles. The van der Waals surface area contributed by atoms with Crippen LogP contribution in [0, 0.1) is 6.92 Å². The van der Waals surface area contributed by atoms with Crippen molar-refractivity contribution in [2.75, 3.05) is 0 Å². The van der Waals surface area contributed by atoms with Crippen molar-refractivity contribution in [2.45, 2.75) is 52.2 Å². The molecule has 1 aliphatic rings. The summed E-state index contributed by atoms with van der Waals surface area (Å²) in [5.74, 6) is -0.0419. The molecule has 5 heteroatoms. The van der Waals surface area contributed by atoms with Crippen molar-refractivity contribution in [3.05, 3.63) is 21.9 Å². The number of carbonyl (C=O) groups excluding carboxylic acids is 2. The van der Waals surface area contributed by atoms with Gasteiger partial charge in [-0.3, -0.25) is 9.59 Å². The summed E-state index contributed by atoms with van der Waals surface area (Å²) >= 11 is 1.68. The maximum Gasteiger partial charge on any atom is 0.246 e. The fourth-order valence-electron chi connectivity index (χ4n) is 2.47. The third-order valence-electron chi connectivity index (χ3n) is 3.66. The average Bonchev–Trinajstić information content (AvgIpc) is 2.80. The number of aryl methyl sites for hydroxylation is 1. The molecule has 0 aliphatic carbocycles. The van der Waals surface area contributed by atoms with Crippen molar-refractivity contribution in [2.24, 2.45) is 0 Å². The van der Waals surface area contributed by atoms with Gasteiger partial charge in [0, 0.05) is 9.75 Å². The number of thiophene rings is 1. The molecule has 0 bridgehead atoms. The van der Waals surface area contributed by atoms with Crippen LogP contribution in [0.1, 0.15) is 43.0 Å². The first-order valence-corrected chi connectivity index (χ1v) is 7.46. The van der Waals surface area contributed by atoms with Gasteiger partial charge in [0.05, 0.1) is 6.04 Å². The van der Waals surface area contributed by atoms with Crippen LogP contribution in [0.25, 0.3) is 0 Å². The zero-order valence-electron chi connectivity index (χ0n) is 11.8. The second kappa shape index (κ2) is 5.33. The summed E-state index contributed by atoms with van der Waals surface area (Å²) in [4.78, 5) is 28.5. The van der Waals surface area contributed by atoms with E-state index in [-0.39, 0.29) is 23.9 Å². The lowest BCUT2D eigenvalue weighted by atomic mass is 10.0. The fraction of sp³-hybridized carbons (Fsp3) is 0.571. The van der Waals surface area contributed by atoms with Crippen LogP contribution in [0.2, 0.25) is 0 Å². The highest BCUT2D eigenvalue weighted by Crippen LogP contribution is 2.30. The molecule has 19 heavy (non-hydrogen) atoms. The quantitative estimate of drug-likeness (QED) is 0.923. The minimum Gasteiger partial charge on any atom is -0.343 e. The van der Waals surface area contributed by atoms with Crippen LogP contribution in [0.3, 0.4) is 0 Å². The maximum atomic E-state index is 12.4. The number of rotatable bonds is 3. The molecule has 1 N–H and O–H groups in total. The van der Waals surface area contributed by atoms with Gasteiger partial charge in [-0.25, -0.2) is 0 Å². The van der Waals surface area contributed by atoms with E-state index in [0.29, 0.717) is 6.42 Å². The number of piperazine rings is 1. The molecule has 1 fully saturated rings. The summed E-state index contributed by atoms with van der Waals surface area (Å²) in [7, 11) is 0. The van der Waals surface area contributed by atoms with Crippen molar-refractivity contribution in [3.63, 3.8) is 0 Å². The zero-order chi connectivity index (χ0) is 14.2. The van der Waals surface area contributed by atoms with Crippen LogP contribution in [0.5, 0.6) is 0 Å². The predicted octanol–water partition coefficient (Wildman–Crippen LogP) is 2.24. The van der Waals surface area contributed by atoms with Gasteiger partial charge in [0.2, 0.25) is 11.8 Å². The Morgan fingerprint density at radius 1 is 1.42 bits per heavy atom. The van der Waals surface area contributed by atoms with Crippen molar-refractivity contribution >= 4 is 23.2 Å². The number of hydrogen-bond donors (Lipinski definition) is 1. The summed E-state index contributed by atoms with van der Waals surface area (Å²) < 4.78 is 0. The van der Waals surface area contributed by atoms with E-state index in [2.05, 4.69) is 5.32 Å². The van der Waals surface area contributed by atoms with Gasteiger partial charge in [0.15, 0.2) is 0 Å². The molecule has 1 aromatic heterocycles. The van der Waals surface area contributed by atoms with Gasteiger partial charge in [-0.2, -0.15) is 0 Å². The number of carbonyl (C=O) groups is 2. The average molecular weight is 280 g/mol. The van der Waals surface area contributed by atoms with E-state index >= 15 is 0 Å². The normalized spacial score (nSPS) is 25.4. The van der Waals surface area contributed by atoms with E-state index in [1.807, 2.05) is 32.9 Å². The van der Waals surface area contributed by atoms with Gasteiger partial charge < -0.3 is 10.2 Å². The Morgan fingerprint density at radius 3 is 2.63 bits per heavy atom. The third kappa shape index (κ3) is 2.52. The summed E-state index contributed by atoms with van der Waals surface area (Å²) in [6.07, 6.45) is 0.629. The highest BCUT2D eigenvalue weighted by molar-refractivity contribution is 7.12. The highest BCUT2D eigenvalue weighted by Gasteiger charge is 2.40. The second-order valence-electron chi connectivity index (χ2n) is 5.02. The molecular formula is C14H20N2O2S. The fourth-order valence-corrected chi connectivity index (χ4v) is 3.40. The highest BCUT2D eigenvalue weighted by atomic mass is 32.1. The van der Waals surface area contributed by atoms with Crippen LogP contribution in [0.15, 0.2) is 12.1 Å². The molecule has 0 saturated carbocycles. The van der Waals surface area contributed by atoms with Crippen molar-refractivity contribution in [1.82, 2.24) is 10.2 Å². The molecule has 3 unspecified atom stereocenters. The Kier molecular flexibility index (Phi) is 3.94. The van der Waals surface area contributed by atoms with Crippen molar-refractivity contribution in [1.29, 1.82) is 0 Å². The monoisotopic (exact) mass is 280 g/mol. The molecule has 2 rings (SSSR count). The number of amides is 2. The number of nitrogens with zero attached hydrogens (tertiary/aromatic N) is 1. The van der Waals surface area contributed by atoms with E-state index in [1.54, 1.807) is 23.2 Å². The Labute approximate surface area is 117 Å². The lowest BCUT2D eigenvalue weighted by Crippen LogP contribution is -2.62. The minimum atomic E-state index is -0.410. The second-order valence-corrected chi connectivity index (χ2v) is 6.33. The lowest BCUT2D eigenvalue weighted by Gasteiger charge is -2.40. The molecule has 3 atom stereocenters. The van der Waals surface area contributed by atoms with E-state index < -0.39 is 6.04 Å². The Morgan fingerprint density at radius 2 is 2.11 bits per heavy atom. The molecule has 2 amide bonds. The molecule has 4 nitrogen and oxygen atoms in total. The minimum absolute atomic E-state index is 0.0214. The predicted molar refractivity (Wildman–Crippen MR) is 76.0 cm³/mol. The molecule has 0 spiro atoms. The third-order valence-corrected chi connectivity index (χ3v) is 4.84. The van der Waals surface area contributed by atoms with Crippen LogP contribution in [-0.2, 0) is 9.59 Å². The van der Waals surface area contributed by atoms with Gasteiger partial charge >= 0.3 is 0 Å². The van der Waals surface area contributed by atoms with Crippen molar-refractivity contribution < 1.29 is 9.59 Å². The summed E-state index contributed by atoms with van der Waals surface area (Å²) in [6, 6.07) is 3.24. The molecule has 104 valence electrons. The van der Waals surface area contributed by atoms with Crippen molar-refractivity contribution in [3.8, 4) is 0 Å². The van der Waals surface area contributed by atoms with E-state index in [1.165, 1.54) is 4.88 Å². The molecule has 0 radical (unpaired) electrons. The topological polar surface area (TPSA) is 49.4 Å². The molecular weight excluding hydrogens is 260 g/mol. The summed E-state index contributed by atoms with van der Waals surface area (Å²) in [6.45, 7) is 7.74. The van der Waals surface area contributed by atoms with Gasteiger partial charge in [0.1, 0.15) is 12.1 Å². The van der Waals surface area contributed by atoms with Gasteiger partial charge in [-0.05, 0) is 39.3 Å². The number of nitrogens with one attached hydrogen (secondary N) is 1. The van der Waals surface area contributed by atoms with Crippen LogP contribution < -0.4 is 5.32 Å². The van der Waals surface area contributed by atoms with Crippen LogP contribution >= 0.6 is 11.3 Å². The smallest absolute Gasteiger partial charge is 0.246 e. The Balaban J connectivity index is 2.29. The van der Waals surface area contributed by atoms with Crippen LogP contribution in [-0.4, -0.2) is 28.8 Å². The van der Waals surface area contributed by atoms with Gasteiger partial charge in [-0.15, -0.1) is 11.3 Å². The molecule has 1 aromatic rings. The van der Waals surface area contributed by atoms with E-state index in [4.69, 9.17) is 0 Å². The first kappa shape index (κ1) is 14.1. The molecule has 1 saturated heterocycles. The Bertz CT molecular complexity index is 497. The largest absolute Gasteiger partial charge is 0.343 e. The van der Waals surface area contributed by atoms with E-state index in [0.717, 1.165) is 4.88 Å². The van der Waals surface area contributed by atoms with Gasteiger partial charge in [-0.1, -0.05) is 6.92 Å². The Hall–Kier alpha value is -1.36. The lowest BCUT2D eigenvalue weighted by molar-refractivity contribution is -0.151. The van der Waals surface area contributed by atoms with E-state index in [9.17, 15) is 9.59 Å². The summed E-state index contributed by atoms with van der Waals surface area (Å²) in [5.41, 5.74) is 0. The maximum absolute atomic E-state index is 12.4.